The molecule has 1 saturated carbocycles. The van der Waals surface area contributed by atoms with Crippen molar-refractivity contribution in [2.45, 2.75) is 44.9 Å². The van der Waals surface area contributed by atoms with Crippen LogP contribution in [-0.4, -0.2) is 50.4 Å². The van der Waals surface area contributed by atoms with Crippen LogP contribution in [0.3, 0.4) is 0 Å². The summed E-state index contributed by atoms with van der Waals surface area (Å²) in [4.78, 5) is 24.5. The Labute approximate surface area is 192 Å². The van der Waals surface area contributed by atoms with E-state index in [4.69, 9.17) is 9.72 Å². The molecule has 2 aliphatic carbocycles. The Bertz CT molecular complexity index is 1200. The summed E-state index contributed by atoms with van der Waals surface area (Å²) >= 11 is 0. The van der Waals surface area contributed by atoms with Crippen molar-refractivity contribution < 1.29 is 9.53 Å². The summed E-state index contributed by atoms with van der Waals surface area (Å²) in [5.41, 5.74) is 5.28. The third-order valence-corrected chi connectivity index (χ3v) is 7.29. The number of hydrogen-bond donors (Lipinski definition) is 1. The molecule has 1 saturated heterocycles. The van der Waals surface area contributed by atoms with Crippen molar-refractivity contribution in [3.8, 4) is 0 Å². The standard InChI is InChI=1S/C24H29N7O2/c1-29-15-25-22-18(4-5-20(22)29)28-23(32)17-9-26-31(11-17)10-16-3-6-21(27-19(16)12-33-2)30-13-24(14-30)7-8-24/h3,6,9,11,15,18H,4-5,7-8,10,12-14H2,1-2H3,(H,28,32)/t18-/m1/s1. The largest absolute Gasteiger partial charge is 0.378 e. The zero-order valence-electron chi connectivity index (χ0n) is 19.1. The maximum absolute atomic E-state index is 12.8. The van der Waals surface area contributed by atoms with Gasteiger partial charge in [-0.15, -0.1) is 0 Å². The minimum Gasteiger partial charge on any atom is -0.378 e. The van der Waals surface area contributed by atoms with E-state index in [2.05, 4.69) is 32.4 Å². The van der Waals surface area contributed by atoms with E-state index < -0.39 is 0 Å². The van der Waals surface area contributed by atoms with E-state index in [9.17, 15) is 4.79 Å². The van der Waals surface area contributed by atoms with Crippen LogP contribution in [-0.2, 0) is 31.4 Å². The van der Waals surface area contributed by atoms with E-state index in [1.54, 1.807) is 24.2 Å². The predicted octanol–water partition coefficient (Wildman–Crippen LogP) is 2.22. The molecule has 3 aliphatic rings. The molecule has 0 radical (unpaired) electrons. The number of fused-ring (bicyclic) bond motifs is 1. The van der Waals surface area contributed by atoms with Crippen molar-refractivity contribution in [3.05, 3.63) is 59.1 Å². The third kappa shape index (κ3) is 3.70. The van der Waals surface area contributed by atoms with Crippen LogP contribution in [0, 0.1) is 5.41 Å². The van der Waals surface area contributed by atoms with Crippen LogP contribution < -0.4 is 10.2 Å². The number of carbonyl (C=O) groups excluding carboxylic acids is 1. The van der Waals surface area contributed by atoms with Crippen molar-refractivity contribution in [3.63, 3.8) is 0 Å². The maximum atomic E-state index is 12.8. The number of rotatable bonds is 7. The molecular weight excluding hydrogens is 418 g/mol. The van der Waals surface area contributed by atoms with Crippen molar-refractivity contribution >= 4 is 11.7 Å². The van der Waals surface area contributed by atoms with Gasteiger partial charge in [-0.2, -0.15) is 5.10 Å². The highest BCUT2D eigenvalue weighted by Gasteiger charge is 2.52. The summed E-state index contributed by atoms with van der Waals surface area (Å²) in [6.07, 6.45) is 9.74. The zero-order chi connectivity index (χ0) is 22.6. The smallest absolute Gasteiger partial charge is 0.255 e. The molecular formula is C24H29N7O2. The molecule has 3 aromatic heterocycles. The number of methoxy groups -OCH3 is 1. The number of pyridine rings is 1. The second-order valence-electron chi connectivity index (χ2n) is 9.74. The molecule has 33 heavy (non-hydrogen) atoms. The van der Waals surface area contributed by atoms with Gasteiger partial charge in [0.05, 0.1) is 48.7 Å². The van der Waals surface area contributed by atoms with Gasteiger partial charge in [0, 0.05) is 44.6 Å². The van der Waals surface area contributed by atoms with E-state index in [1.807, 2.05) is 17.9 Å². The van der Waals surface area contributed by atoms with Gasteiger partial charge in [0.15, 0.2) is 0 Å². The lowest BCUT2D eigenvalue weighted by molar-refractivity contribution is 0.0936. The predicted molar refractivity (Wildman–Crippen MR) is 122 cm³/mol. The van der Waals surface area contributed by atoms with Crippen LogP contribution >= 0.6 is 0 Å². The Hall–Kier alpha value is -3.20. The number of aryl methyl sites for hydroxylation is 1. The summed E-state index contributed by atoms with van der Waals surface area (Å²) in [5, 5.41) is 7.54. The molecule has 2 fully saturated rings. The summed E-state index contributed by atoms with van der Waals surface area (Å²) < 4.78 is 9.23. The fourth-order valence-electron chi connectivity index (χ4n) is 5.13. The average Bonchev–Trinajstić information content (AvgIpc) is 3.09. The van der Waals surface area contributed by atoms with Gasteiger partial charge in [0.2, 0.25) is 0 Å². The molecule has 1 atom stereocenters. The highest BCUT2D eigenvalue weighted by Crippen LogP contribution is 2.53. The molecule has 9 heteroatoms. The first-order chi connectivity index (χ1) is 16.0. The highest BCUT2D eigenvalue weighted by molar-refractivity contribution is 5.94. The summed E-state index contributed by atoms with van der Waals surface area (Å²) in [7, 11) is 3.68. The Morgan fingerprint density at radius 1 is 1.30 bits per heavy atom. The van der Waals surface area contributed by atoms with Crippen molar-refractivity contribution in [2.75, 3.05) is 25.1 Å². The Kier molecular flexibility index (Phi) is 4.76. The average molecular weight is 448 g/mol. The minimum atomic E-state index is -0.123. The van der Waals surface area contributed by atoms with Crippen LogP contribution in [0.15, 0.2) is 30.9 Å². The monoisotopic (exact) mass is 447 g/mol. The van der Waals surface area contributed by atoms with E-state index >= 15 is 0 Å². The number of hydrogen-bond acceptors (Lipinski definition) is 6. The van der Waals surface area contributed by atoms with Crippen LogP contribution in [0.2, 0.25) is 0 Å². The molecule has 6 rings (SSSR count). The van der Waals surface area contributed by atoms with Gasteiger partial charge >= 0.3 is 0 Å². The second kappa shape index (κ2) is 7.69. The van der Waals surface area contributed by atoms with Gasteiger partial charge in [-0.1, -0.05) is 6.07 Å². The zero-order valence-corrected chi connectivity index (χ0v) is 19.1. The maximum Gasteiger partial charge on any atom is 0.255 e. The first kappa shape index (κ1) is 20.4. The molecule has 3 aromatic rings. The molecule has 4 heterocycles. The van der Waals surface area contributed by atoms with Gasteiger partial charge in [-0.05, 0) is 37.3 Å². The van der Waals surface area contributed by atoms with Gasteiger partial charge in [-0.3, -0.25) is 9.48 Å². The lowest BCUT2D eigenvalue weighted by Crippen LogP contribution is -2.49. The van der Waals surface area contributed by atoms with Crippen molar-refractivity contribution in [1.82, 2.24) is 29.6 Å². The molecule has 0 aromatic carbocycles. The lowest BCUT2D eigenvalue weighted by Gasteiger charge is -2.41. The van der Waals surface area contributed by atoms with Gasteiger partial charge in [-0.25, -0.2) is 9.97 Å². The van der Waals surface area contributed by atoms with E-state index in [1.165, 1.54) is 18.5 Å². The molecule has 0 bridgehead atoms. The minimum absolute atomic E-state index is 0.0432. The summed E-state index contributed by atoms with van der Waals surface area (Å²) in [5.74, 6) is 0.899. The molecule has 1 N–H and O–H groups in total. The number of carbonyl (C=O) groups is 1. The number of nitrogens with one attached hydrogen (secondary N) is 1. The molecule has 0 unspecified atom stereocenters. The van der Waals surface area contributed by atoms with Gasteiger partial charge in [0.25, 0.3) is 5.91 Å². The first-order valence-corrected chi connectivity index (χ1v) is 11.6. The summed E-state index contributed by atoms with van der Waals surface area (Å²) in [6, 6.07) is 4.15. The fourth-order valence-corrected chi connectivity index (χ4v) is 5.13. The number of imidazole rings is 1. The quantitative estimate of drug-likeness (QED) is 0.597. The molecule has 1 amide bonds. The highest BCUT2D eigenvalue weighted by atomic mass is 16.5. The Morgan fingerprint density at radius 3 is 2.94 bits per heavy atom. The van der Waals surface area contributed by atoms with E-state index in [0.29, 0.717) is 24.1 Å². The summed E-state index contributed by atoms with van der Waals surface area (Å²) in [6.45, 7) is 3.22. The van der Waals surface area contributed by atoms with E-state index in [0.717, 1.165) is 48.7 Å². The van der Waals surface area contributed by atoms with Crippen LogP contribution in [0.5, 0.6) is 0 Å². The number of nitrogens with zero attached hydrogens (tertiary/aromatic N) is 6. The topological polar surface area (TPSA) is 90.1 Å². The lowest BCUT2D eigenvalue weighted by atomic mass is 9.97. The number of anilines is 1. The molecule has 1 aliphatic heterocycles. The van der Waals surface area contributed by atoms with Crippen molar-refractivity contribution in [1.29, 1.82) is 0 Å². The molecule has 172 valence electrons. The third-order valence-electron chi connectivity index (χ3n) is 7.29. The fraction of sp³-hybridized carbons (Fsp3) is 0.500. The van der Waals surface area contributed by atoms with E-state index in [-0.39, 0.29) is 11.9 Å². The Balaban J connectivity index is 1.14. The molecule has 1 spiro atoms. The number of aromatic nitrogens is 5. The molecule has 9 nitrogen and oxygen atoms in total. The SMILES string of the molecule is COCc1nc(N2CC3(CC3)C2)ccc1Cn1cc(C(=O)N[C@@H]2CCc3c2ncn3C)cn1. The van der Waals surface area contributed by atoms with Crippen LogP contribution in [0.25, 0.3) is 0 Å². The van der Waals surface area contributed by atoms with Gasteiger partial charge in [0.1, 0.15) is 5.82 Å². The van der Waals surface area contributed by atoms with Crippen LogP contribution in [0.4, 0.5) is 5.82 Å². The first-order valence-electron chi connectivity index (χ1n) is 11.6. The van der Waals surface area contributed by atoms with Gasteiger partial charge < -0.3 is 19.5 Å². The number of ether oxygens (including phenoxy) is 1. The Morgan fingerprint density at radius 2 is 2.15 bits per heavy atom. The number of amides is 1. The normalized spacial score (nSPS) is 20.1. The van der Waals surface area contributed by atoms with Crippen molar-refractivity contribution in [2.24, 2.45) is 12.5 Å². The van der Waals surface area contributed by atoms with Crippen LogP contribution in [0.1, 0.15) is 58.3 Å². The second-order valence-corrected chi connectivity index (χ2v) is 9.74.